The molecule has 7 nitrogen and oxygen atoms in total. The van der Waals surface area contributed by atoms with Crippen LogP contribution in [0.3, 0.4) is 0 Å². The van der Waals surface area contributed by atoms with Crippen molar-refractivity contribution in [3.63, 3.8) is 0 Å². The summed E-state index contributed by atoms with van der Waals surface area (Å²) in [7, 11) is 0. The van der Waals surface area contributed by atoms with Gasteiger partial charge in [-0.25, -0.2) is 4.79 Å². The predicted molar refractivity (Wildman–Crippen MR) is 131 cm³/mol. The molecule has 1 aliphatic heterocycles. The molecule has 0 aromatic heterocycles. The number of carbonyl (C=O) groups is 2. The van der Waals surface area contributed by atoms with Crippen molar-refractivity contribution in [2.75, 3.05) is 25.0 Å². The van der Waals surface area contributed by atoms with Gasteiger partial charge in [-0.15, -0.1) is 19.6 Å². The Balaban J connectivity index is 1.76. The van der Waals surface area contributed by atoms with E-state index in [1.54, 1.807) is 32.9 Å². The molecule has 1 N–H and O–H groups in total. The third-order valence-corrected chi connectivity index (χ3v) is 5.50. The van der Waals surface area contributed by atoms with Gasteiger partial charge in [-0.1, -0.05) is 18.1 Å². The maximum atomic E-state index is 13.1. The second-order valence-corrected chi connectivity index (χ2v) is 9.64. The fraction of sp³-hybridized carbons (Fsp3) is 0.407. The van der Waals surface area contributed by atoms with Crippen LogP contribution in [0.15, 0.2) is 48.5 Å². The zero-order chi connectivity index (χ0) is 27.2. The average molecular weight is 519 g/mol. The molecule has 1 heterocycles. The lowest BCUT2D eigenvalue weighted by molar-refractivity contribution is -0.274. The normalized spacial score (nSPS) is 17.9. The van der Waals surface area contributed by atoms with Gasteiger partial charge in [0.25, 0.3) is 0 Å². The largest absolute Gasteiger partial charge is 0.573 e. The molecule has 1 saturated heterocycles. The van der Waals surface area contributed by atoms with Gasteiger partial charge < -0.3 is 24.4 Å². The number of alkyl halides is 3. The summed E-state index contributed by atoms with van der Waals surface area (Å²) in [5, 5.41) is 2.72. The number of terminal acetylenes is 1. The van der Waals surface area contributed by atoms with Gasteiger partial charge in [0.05, 0.1) is 5.92 Å². The van der Waals surface area contributed by atoms with Gasteiger partial charge >= 0.3 is 12.5 Å². The Kier molecular flexibility index (Phi) is 8.58. The van der Waals surface area contributed by atoms with E-state index in [-0.39, 0.29) is 25.0 Å². The summed E-state index contributed by atoms with van der Waals surface area (Å²) in [6.45, 7) is 5.91. The number of nitrogens with one attached hydrogen (secondary N) is 1. The summed E-state index contributed by atoms with van der Waals surface area (Å²) in [5.41, 5.74) is 0.506. The highest BCUT2D eigenvalue weighted by Gasteiger charge is 2.36. The van der Waals surface area contributed by atoms with Crippen LogP contribution in [0.1, 0.15) is 38.7 Å². The highest BCUT2D eigenvalue weighted by Crippen LogP contribution is 2.33. The van der Waals surface area contributed by atoms with Crippen molar-refractivity contribution in [1.29, 1.82) is 0 Å². The first-order valence-electron chi connectivity index (χ1n) is 11.6. The number of carbonyl (C=O) groups excluding carboxylic acids is 2. The lowest BCUT2D eigenvalue weighted by atomic mass is 9.84. The van der Waals surface area contributed by atoms with Crippen LogP contribution in [0.5, 0.6) is 11.5 Å². The topological polar surface area (TPSA) is 77.1 Å². The number of likely N-dealkylation sites (tertiary alicyclic amines) is 1. The Bertz CT molecular complexity index is 1120. The van der Waals surface area contributed by atoms with Crippen molar-refractivity contribution in [3.8, 4) is 23.8 Å². The number of nitrogens with zero attached hydrogens (tertiary/aromatic N) is 1. The number of benzene rings is 2. The van der Waals surface area contributed by atoms with Gasteiger partial charge in [0.15, 0.2) is 0 Å². The second kappa shape index (κ2) is 11.5. The van der Waals surface area contributed by atoms with Crippen LogP contribution < -0.4 is 14.8 Å². The summed E-state index contributed by atoms with van der Waals surface area (Å²) in [6.07, 6.45) is 0.340. The van der Waals surface area contributed by atoms with E-state index in [1.807, 2.05) is 12.1 Å². The minimum atomic E-state index is -4.81. The van der Waals surface area contributed by atoms with Crippen LogP contribution in [0, 0.1) is 18.3 Å². The van der Waals surface area contributed by atoms with Gasteiger partial charge in [-0.05, 0) is 69.2 Å². The zero-order valence-corrected chi connectivity index (χ0v) is 20.8. The van der Waals surface area contributed by atoms with E-state index in [9.17, 15) is 22.8 Å². The molecule has 3 rings (SSSR count). The first-order valence-corrected chi connectivity index (χ1v) is 11.6. The molecule has 2 atom stereocenters. The molecule has 2 aromatic rings. The summed E-state index contributed by atoms with van der Waals surface area (Å²) in [5.74, 6) is 1.49. The first-order chi connectivity index (χ1) is 17.3. The molecule has 0 radical (unpaired) electrons. The number of ether oxygens (including phenoxy) is 3. The van der Waals surface area contributed by atoms with Crippen molar-refractivity contribution >= 4 is 17.7 Å². The Labute approximate surface area is 213 Å². The van der Waals surface area contributed by atoms with E-state index in [0.29, 0.717) is 24.4 Å². The van der Waals surface area contributed by atoms with Crippen molar-refractivity contribution in [1.82, 2.24) is 4.90 Å². The molecule has 0 saturated carbocycles. The fourth-order valence-electron chi connectivity index (χ4n) is 3.95. The van der Waals surface area contributed by atoms with Gasteiger partial charge in [-0.3, -0.25) is 4.79 Å². The number of hydrogen-bond acceptors (Lipinski definition) is 5. The van der Waals surface area contributed by atoms with Crippen LogP contribution in [0.25, 0.3) is 0 Å². The summed E-state index contributed by atoms with van der Waals surface area (Å²) >= 11 is 0. The molecule has 37 heavy (non-hydrogen) atoms. The number of hydrogen-bond donors (Lipinski definition) is 1. The second-order valence-electron chi connectivity index (χ2n) is 9.64. The predicted octanol–water partition coefficient (Wildman–Crippen LogP) is 5.58. The third-order valence-electron chi connectivity index (χ3n) is 5.50. The van der Waals surface area contributed by atoms with E-state index < -0.39 is 29.7 Å². The van der Waals surface area contributed by atoms with Crippen LogP contribution >= 0.6 is 0 Å². The van der Waals surface area contributed by atoms with E-state index in [1.165, 1.54) is 17.0 Å². The molecule has 0 spiro atoms. The Morgan fingerprint density at radius 2 is 1.65 bits per heavy atom. The molecular formula is C27H29F3N2O5. The summed E-state index contributed by atoms with van der Waals surface area (Å²) < 4.78 is 52.0. The van der Waals surface area contributed by atoms with Crippen LogP contribution in [-0.4, -0.2) is 48.6 Å². The number of anilines is 1. The van der Waals surface area contributed by atoms with Crippen LogP contribution in [0.4, 0.5) is 23.7 Å². The molecule has 0 aliphatic carbocycles. The lowest BCUT2D eigenvalue weighted by Crippen LogP contribution is -2.48. The van der Waals surface area contributed by atoms with Crippen molar-refractivity contribution in [3.05, 3.63) is 54.1 Å². The maximum absolute atomic E-state index is 13.1. The van der Waals surface area contributed by atoms with Crippen molar-refractivity contribution in [2.24, 2.45) is 5.92 Å². The van der Waals surface area contributed by atoms with Gasteiger partial charge in [-0.2, -0.15) is 0 Å². The Morgan fingerprint density at radius 3 is 2.22 bits per heavy atom. The van der Waals surface area contributed by atoms with Crippen LogP contribution in [-0.2, 0) is 9.53 Å². The molecular weight excluding hydrogens is 489 g/mol. The number of piperidine rings is 1. The number of amides is 2. The lowest BCUT2D eigenvalue weighted by Gasteiger charge is -2.38. The Hall–Kier alpha value is -3.87. The highest BCUT2D eigenvalue weighted by atomic mass is 19.4. The van der Waals surface area contributed by atoms with E-state index >= 15 is 0 Å². The van der Waals surface area contributed by atoms with E-state index in [0.717, 1.165) is 17.7 Å². The minimum Gasteiger partial charge on any atom is -0.481 e. The monoisotopic (exact) mass is 518 g/mol. The third kappa shape index (κ3) is 8.63. The quantitative estimate of drug-likeness (QED) is 0.506. The van der Waals surface area contributed by atoms with Crippen molar-refractivity contribution < 1.29 is 37.0 Å². The summed E-state index contributed by atoms with van der Waals surface area (Å²) in [6, 6.07) is 12.2. The molecule has 2 unspecified atom stereocenters. The molecule has 2 amide bonds. The van der Waals surface area contributed by atoms with Gasteiger partial charge in [0.2, 0.25) is 5.91 Å². The molecule has 1 fully saturated rings. The van der Waals surface area contributed by atoms with E-state index in [2.05, 4.69) is 16.0 Å². The smallest absolute Gasteiger partial charge is 0.481 e. The van der Waals surface area contributed by atoms with E-state index in [4.69, 9.17) is 15.9 Å². The standard InChI is InChI=1S/C27H29F3N2O5/c1-5-14-35-22-10-6-18(7-11-22)19-15-20(17-32(16-19)25(34)37-26(2,3)4)24(33)31-21-8-12-23(13-9-21)36-27(28,29)30/h1,6-13,19-20H,14-17H2,2-4H3,(H,31,33). The fourth-order valence-corrected chi connectivity index (χ4v) is 3.95. The zero-order valence-electron chi connectivity index (χ0n) is 20.8. The molecule has 10 heteroatoms. The van der Waals surface area contributed by atoms with Gasteiger partial charge in [0.1, 0.15) is 23.7 Å². The minimum absolute atomic E-state index is 0.135. The Morgan fingerprint density at radius 1 is 1.03 bits per heavy atom. The highest BCUT2D eigenvalue weighted by molar-refractivity contribution is 5.93. The van der Waals surface area contributed by atoms with Crippen molar-refractivity contribution in [2.45, 2.75) is 45.1 Å². The maximum Gasteiger partial charge on any atom is 0.573 e. The average Bonchev–Trinajstić information content (AvgIpc) is 2.82. The molecule has 198 valence electrons. The first kappa shape index (κ1) is 27.7. The molecule has 0 bridgehead atoms. The van der Waals surface area contributed by atoms with Gasteiger partial charge in [0, 0.05) is 24.7 Å². The SMILES string of the molecule is C#CCOc1ccc(C2CC(C(=O)Nc3ccc(OC(F)(F)F)cc3)CN(C(=O)OC(C)(C)C)C2)cc1. The molecule has 2 aromatic carbocycles. The number of halogens is 3. The number of rotatable bonds is 6. The molecule has 1 aliphatic rings. The summed E-state index contributed by atoms with van der Waals surface area (Å²) in [4.78, 5) is 27.5. The van der Waals surface area contributed by atoms with Crippen LogP contribution in [0.2, 0.25) is 0 Å².